The van der Waals surface area contributed by atoms with Crippen LogP contribution in [-0.4, -0.2) is 21.6 Å². The number of benzene rings is 1. The SMILES string of the molecule is Cc1nc(SCC(=O)NCc2ccccc2)[nH]c1C. The van der Waals surface area contributed by atoms with Gasteiger partial charge in [0.1, 0.15) is 0 Å². The first-order chi connectivity index (χ1) is 9.15. The van der Waals surface area contributed by atoms with Crippen molar-refractivity contribution in [3.05, 3.63) is 47.3 Å². The molecule has 1 aromatic carbocycles. The maximum Gasteiger partial charge on any atom is 0.230 e. The number of hydrogen-bond donors (Lipinski definition) is 2. The van der Waals surface area contributed by atoms with E-state index in [-0.39, 0.29) is 5.91 Å². The van der Waals surface area contributed by atoms with E-state index in [4.69, 9.17) is 0 Å². The minimum atomic E-state index is 0.0144. The fourth-order valence-electron chi connectivity index (χ4n) is 1.56. The highest BCUT2D eigenvalue weighted by molar-refractivity contribution is 7.99. The highest BCUT2D eigenvalue weighted by Gasteiger charge is 2.06. The van der Waals surface area contributed by atoms with Gasteiger partial charge in [0.2, 0.25) is 5.91 Å². The maximum absolute atomic E-state index is 11.7. The van der Waals surface area contributed by atoms with Crippen molar-refractivity contribution in [2.45, 2.75) is 25.5 Å². The van der Waals surface area contributed by atoms with E-state index in [9.17, 15) is 4.79 Å². The van der Waals surface area contributed by atoms with Gasteiger partial charge in [0.25, 0.3) is 0 Å². The van der Waals surface area contributed by atoms with E-state index in [0.29, 0.717) is 12.3 Å². The van der Waals surface area contributed by atoms with Gasteiger partial charge >= 0.3 is 0 Å². The van der Waals surface area contributed by atoms with Crippen molar-refractivity contribution >= 4 is 17.7 Å². The third kappa shape index (κ3) is 4.13. The van der Waals surface area contributed by atoms with Gasteiger partial charge in [-0.3, -0.25) is 4.79 Å². The summed E-state index contributed by atoms with van der Waals surface area (Å²) >= 11 is 1.42. The molecule has 0 saturated heterocycles. The number of rotatable bonds is 5. The van der Waals surface area contributed by atoms with Gasteiger partial charge in [-0.1, -0.05) is 42.1 Å². The normalized spacial score (nSPS) is 10.4. The molecule has 0 unspecified atom stereocenters. The fraction of sp³-hybridized carbons (Fsp3) is 0.286. The van der Waals surface area contributed by atoms with Crippen molar-refractivity contribution in [3.63, 3.8) is 0 Å². The zero-order chi connectivity index (χ0) is 13.7. The Bertz CT molecular complexity index is 532. The lowest BCUT2D eigenvalue weighted by Gasteiger charge is -2.04. The third-order valence-corrected chi connectivity index (χ3v) is 3.65. The van der Waals surface area contributed by atoms with E-state index < -0.39 is 0 Å². The minimum absolute atomic E-state index is 0.0144. The summed E-state index contributed by atoms with van der Waals surface area (Å²) < 4.78 is 0. The largest absolute Gasteiger partial charge is 0.351 e. The number of aromatic amines is 1. The van der Waals surface area contributed by atoms with Gasteiger partial charge < -0.3 is 10.3 Å². The average Bonchev–Trinajstić information content (AvgIpc) is 2.74. The molecule has 2 rings (SSSR count). The summed E-state index contributed by atoms with van der Waals surface area (Å²) in [6.07, 6.45) is 0. The van der Waals surface area contributed by atoms with Crippen LogP contribution in [0.25, 0.3) is 0 Å². The molecule has 100 valence electrons. The summed E-state index contributed by atoms with van der Waals surface area (Å²) in [5.74, 6) is 0.389. The molecule has 2 N–H and O–H groups in total. The number of carbonyl (C=O) groups is 1. The smallest absolute Gasteiger partial charge is 0.230 e. The van der Waals surface area contributed by atoms with E-state index in [2.05, 4.69) is 15.3 Å². The molecule has 0 fully saturated rings. The Balaban J connectivity index is 1.76. The molecule has 0 aliphatic heterocycles. The van der Waals surface area contributed by atoms with Crippen molar-refractivity contribution in [2.24, 2.45) is 0 Å². The zero-order valence-electron chi connectivity index (χ0n) is 11.1. The van der Waals surface area contributed by atoms with Gasteiger partial charge in [-0.05, 0) is 19.4 Å². The summed E-state index contributed by atoms with van der Waals surface area (Å²) in [7, 11) is 0. The highest BCUT2D eigenvalue weighted by atomic mass is 32.2. The Morgan fingerprint density at radius 3 is 2.68 bits per heavy atom. The predicted molar refractivity (Wildman–Crippen MR) is 77.1 cm³/mol. The molecule has 2 aromatic rings. The molecule has 0 atom stereocenters. The Labute approximate surface area is 117 Å². The van der Waals surface area contributed by atoms with Crippen LogP contribution < -0.4 is 5.32 Å². The van der Waals surface area contributed by atoms with Crippen LogP contribution in [0.15, 0.2) is 35.5 Å². The van der Waals surface area contributed by atoms with Crippen LogP contribution in [0.2, 0.25) is 0 Å². The van der Waals surface area contributed by atoms with Gasteiger partial charge in [-0.25, -0.2) is 4.98 Å². The van der Waals surface area contributed by atoms with E-state index in [1.54, 1.807) is 0 Å². The lowest BCUT2D eigenvalue weighted by Crippen LogP contribution is -2.24. The molecular formula is C14H17N3OS. The van der Waals surface area contributed by atoms with E-state index >= 15 is 0 Å². The Hall–Kier alpha value is -1.75. The summed E-state index contributed by atoms with van der Waals surface area (Å²) in [6.45, 7) is 4.49. The second-order valence-corrected chi connectivity index (χ2v) is 5.27. The van der Waals surface area contributed by atoms with E-state index in [1.165, 1.54) is 11.8 Å². The van der Waals surface area contributed by atoms with Crippen LogP contribution in [0, 0.1) is 13.8 Å². The van der Waals surface area contributed by atoms with Crippen LogP contribution in [0.4, 0.5) is 0 Å². The topological polar surface area (TPSA) is 57.8 Å². The maximum atomic E-state index is 11.7. The number of aryl methyl sites for hydroxylation is 2. The molecule has 1 aromatic heterocycles. The van der Waals surface area contributed by atoms with Crippen LogP contribution >= 0.6 is 11.8 Å². The van der Waals surface area contributed by atoms with Gasteiger partial charge in [-0.15, -0.1) is 0 Å². The molecule has 0 spiro atoms. The van der Waals surface area contributed by atoms with Crippen molar-refractivity contribution in [3.8, 4) is 0 Å². The second kappa shape index (κ2) is 6.43. The number of hydrogen-bond acceptors (Lipinski definition) is 3. The zero-order valence-corrected chi connectivity index (χ0v) is 11.9. The molecular weight excluding hydrogens is 258 g/mol. The first kappa shape index (κ1) is 13.7. The Morgan fingerprint density at radius 1 is 1.32 bits per heavy atom. The van der Waals surface area contributed by atoms with Crippen LogP contribution in [0.3, 0.4) is 0 Å². The number of imidazole rings is 1. The predicted octanol–water partition coefficient (Wildman–Crippen LogP) is 2.44. The molecule has 5 heteroatoms. The summed E-state index contributed by atoms with van der Waals surface area (Å²) in [5.41, 5.74) is 3.13. The number of aromatic nitrogens is 2. The van der Waals surface area contributed by atoms with Crippen LogP contribution in [-0.2, 0) is 11.3 Å². The molecule has 0 aliphatic carbocycles. The minimum Gasteiger partial charge on any atom is -0.351 e. The Kier molecular flexibility index (Phi) is 4.63. The van der Waals surface area contributed by atoms with Crippen molar-refractivity contribution in [1.82, 2.24) is 15.3 Å². The van der Waals surface area contributed by atoms with Gasteiger partial charge in [-0.2, -0.15) is 0 Å². The van der Waals surface area contributed by atoms with Crippen molar-refractivity contribution in [1.29, 1.82) is 0 Å². The van der Waals surface area contributed by atoms with Gasteiger partial charge in [0, 0.05) is 12.2 Å². The summed E-state index contributed by atoms with van der Waals surface area (Å²) in [5, 5.41) is 3.69. The standard InChI is InChI=1S/C14H17N3OS/c1-10-11(2)17-14(16-10)19-9-13(18)15-8-12-6-4-3-5-7-12/h3-7H,8-9H2,1-2H3,(H,15,18)(H,16,17). The Morgan fingerprint density at radius 2 is 2.05 bits per heavy atom. The van der Waals surface area contributed by atoms with Crippen molar-refractivity contribution < 1.29 is 4.79 Å². The molecule has 1 heterocycles. The molecule has 0 saturated carbocycles. The van der Waals surface area contributed by atoms with E-state index in [0.717, 1.165) is 22.1 Å². The average molecular weight is 275 g/mol. The molecule has 0 bridgehead atoms. The number of H-pyrrole nitrogens is 1. The van der Waals surface area contributed by atoms with Gasteiger partial charge in [0.15, 0.2) is 5.16 Å². The lowest BCUT2D eigenvalue weighted by atomic mass is 10.2. The highest BCUT2D eigenvalue weighted by Crippen LogP contribution is 2.15. The second-order valence-electron chi connectivity index (χ2n) is 4.30. The monoisotopic (exact) mass is 275 g/mol. The lowest BCUT2D eigenvalue weighted by molar-refractivity contribution is -0.118. The number of nitrogens with one attached hydrogen (secondary N) is 2. The molecule has 1 amide bonds. The summed E-state index contributed by atoms with van der Waals surface area (Å²) in [6, 6.07) is 9.87. The third-order valence-electron chi connectivity index (χ3n) is 2.78. The molecule has 0 radical (unpaired) electrons. The molecule has 0 aliphatic rings. The molecule has 19 heavy (non-hydrogen) atoms. The van der Waals surface area contributed by atoms with Crippen LogP contribution in [0.5, 0.6) is 0 Å². The fourth-order valence-corrected chi connectivity index (χ4v) is 2.36. The number of nitrogens with zero attached hydrogens (tertiary/aromatic N) is 1. The summed E-state index contributed by atoms with van der Waals surface area (Å²) in [4.78, 5) is 19.2. The number of carbonyl (C=O) groups excluding carboxylic acids is 1. The number of amides is 1. The molecule has 4 nitrogen and oxygen atoms in total. The van der Waals surface area contributed by atoms with Crippen molar-refractivity contribution in [2.75, 3.05) is 5.75 Å². The first-order valence-corrected chi connectivity index (χ1v) is 7.10. The number of thioether (sulfide) groups is 1. The van der Waals surface area contributed by atoms with E-state index in [1.807, 2.05) is 44.2 Å². The van der Waals surface area contributed by atoms with Gasteiger partial charge in [0.05, 0.1) is 11.4 Å². The quantitative estimate of drug-likeness (QED) is 0.824. The first-order valence-electron chi connectivity index (χ1n) is 6.12. The van der Waals surface area contributed by atoms with Crippen LogP contribution in [0.1, 0.15) is 17.0 Å².